The van der Waals surface area contributed by atoms with Crippen LogP contribution in [0.5, 0.6) is 0 Å². The molecule has 5 heteroatoms. The number of nitrogens with zero attached hydrogens (tertiary/aromatic N) is 1. The Morgan fingerprint density at radius 1 is 1.18 bits per heavy atom. The van der Waals surface area contributed by atoms with Crippen LogP contribution in [0.15, 0.2) is 59.2 Å². The van der Waals surface area contributed by atoms with Gasteiger partial charge in [-0.05, 0) is 30.3 Å². The Labute approximate surface area is 135 Å². The van der Waals surface area contributed by atoms with Crippen molar-refractivity contribution in [2.75, 3.05) is 5.32 Å². The number of benzene rings is 2. The van der Waals surface area contributed by atoms with Crippen molar-refractivity contribution in [3.05, 3.63) is 64.8 Å². The van der Waals surface area contributed by atoms with Gasteiger partial charge in [-0.3, -0.25) is 9.59 Å². The van der Waals surface area contributed by atoms with Gasteiger partial charge in [-0.25, -0.2) is 0 Å². The maximum atomic E-state index is 12.2. The second kappa shape index (κ2) is 6.15. The van der Waals surface area contributed by atoms with E-state index in [-0.39, 0.29) is 12.5 Å². The quantitative estimate of drug-likeness (QED) is 0.721. The minimum absolute atomic E-state index is 0.136. The molecule has 2 aromatic carbocycles. The number of carbonyl (C=O) groups is 2. The fourth-order valence-corrected chi connectivity index (χ4v) is 2.76. The van der Waals surface area contributed by atoms with E-state index >= 15 is 0 Å². The van der Waals surface area contributed by atoms with Crippen molar-refractivity contribution in [2.24, 2.45) is 0 Å². The van der Waals surface area contributed by atoms with Gasteiger partial charge in [0.15, 0.2) is 6.29 Å². The molecule has 3 rings (SSSR count). The lowest BCUT2D eigenvalue weighted by molar-refractivity contribution is -0.116. The third-order valence-electron chi connectivity index (χ3n) is 3.37. The minimum atomic E-state index is -0.136. The first-order valence-electron chi connectivity index (χ1n) is 6.76. The molecule has 110 valence electrons. The third kappa shape index (κ3) is 2.94. The van der Waals surface area contributed by atoms with Gasteiger partial charge in [0.05, 0.1) is 0 Å². The average molecular weight is 357 g/mol. The number of anilines is 1. The highest BCUT2D eigenvalue weighted by Gasteiger charge is 2.11. The van der Waals surface area contributed by atoms with E-state index in [1.54, 1.807) is 10.8 Å². The van der Waals surface area contributed by atoms with Crippen molar-refractivity contribution in [3.63, 3.8) is 0 Å². The summed E-state index contributed by atoms with van der Waals surface area (Å²) in [7, 11) is 0. The average Bonchev–Trinajstić information content (AvgIpc) is 2.85. The van der Waals surface area contributed by atoms with Crippen LogP contribution < -0.4 is 5.32 Å². The number of para-hydroxylation sites is 1. The van der Waals surface area contributed by atoms with Gasteiger partial charge in [0.1, 0.15) is 6.54 Å². The van der Waals surface area contributed by atoms with Crippen molar-refractivity contribution in [2.45, 2.75) is 6.54 Å². The highest BCUT2D eigenvalue weighted by molar-refractivity contribution is 9.10. The fraction of sp³-hybridized carbons (Fsp3) is 0.0588. The summed E-state index contributed by atoms with van der Waals surface area (Å²) in [4.78, 5) is 23.4. The Balaban J connectivity index is 1.87. The van der Waals surface area contributed by atoms with Crippen molar-refractivity contribution in [3.8, 4) is 0 Å². The van der Waals surface area contributed by atoms with E-state index in [1.165, 1.54) is 0 Å². The zero-order valence-corrected chi connectivity index (χ0v) is 13.2. The van der Waals surface area contributed by atoms with E-state index in [0.717, 1.165) is 27.3 Å². The summed E-state index contributed by atoms with van der Waals surface area (Å²) in [6.07, 6.45) is 2.51. The molecular formula is C17H13BrN2O2. The molecule has 1 heterocycles. The van der Waals surface area contributed by atoms with E-state index in [9.17, 15) is 9.59 Å². The zero-order chi connectivity index (χ0) is 15.5. The van der Waals surface area contributed by atoms with E-state index < -0.39 is 0 Å². The third-order valence-corrected chi connectivity index (χ3v) is 3.87. The van der Waals surface area contributed by atoms with Gasteiger partial charge in [-0.2, -0.15) is 0 Å². The van der Waals surface area contributed by atoms with Crippen molar-refractivity contribution >= 4 is 44.7 Å². The molecule has 3 aromatic rings. The molecule has 0 saturated carbocycles. The van der Waals surface area contributed by atoms with Crippen LogP contribution in [0.1, 0.15) is 10.4 Å². The van der Waals surface area contributed by atoms with Crippen molar-refractivity contribution in [1.82, 2.24) is 4.57 Å². The Morgan fingerprint density at radius 3 is 2.68 bits per heavy atom. The highest BCUT2D eigenvalue weighted by Crippen LogP contribution is 2.24. The van der Waals surface area contributed by atoms with E-state index in [4.69, 9.17) is 0 Å². The van der Waals surface area contributed by atoms with E-state index in [0.29, 0.717) is 5.56 Å². The number of carbonyl (C=O) groups excluding carboxylic acids is 2. The molecule has 0 aliphatic heterocycles. The van der Waals surface area contributed by atoms with Crippen LogP contribution in [0.2, 0.25) is 0 Å². The summed E-state index contributed by atoms with van der Waals surface area (Å²) in [5.74, 6) is -0.136. The Morgan fingerprint density at radius 2 is 1.95 bits per heavy atom. The lowest BCUT2D eigenvalue weighted by Gasteiger charge is -2.07. The molecule has 0 fully saturated rings. The predicted molar refractivity (Wildman–Crippen MR) is 90.1 cm³/mol. The van der Waals surface area contributed by atoms with Crippen LogP contribution >= 0.6 is 15.9 Å². The summed E-state index contributed by atoms with van der Waals surface area (Å²) < 4.78 is 2.68. The normalized spacial score (nSPS) is 10.6. The summed E-state index contributed by atoms with van der Waals surface area (Å²) in [6, 6.07) is 14.9. The first-order valence-corrected chi connectivity index (χ1v) is 7.55. The van der Waals surface area contributed by atoms with Gasteiger partial charge < -0.3 is 9.88 Å². The Bertz CT molecular complexity index is 840. The number of nitrogens with one attached hydrogen (secondary N) is 1. The molecule has 0 unspecified atom stereocenters. The molecule has 0 spiro atoms. The number of amides is 1. The number of hydrogen-bond donors (Lipinski definition) is 1. The molecule has 1 amide bonds. The molecule has 1 N–H and O–H groups in total. The van der Waals surface area contributed by atoms with Crippen LogP contribution in [-0.2, 0) is 11.3 Å². The standard InChI is InChI=1S/C17H13BrN2O2/c18-13-6-7-16-15(8-13)12(11-21)9-20(16)10-17(22)19-14-4-2-1-3-5-14/h1-9,11H,10H2,(H,19,22). The maximum Gasteiger partial charge on any atom is 0.244 e. The fourth-order valence-electron chi connectivity index (χ4n) is 2.40. The largest absolute Gasteiger partial charge is 0.337 e. The summed E-state index contributed by atoms with van der Waals surface area (Å²) in [5.41, 5.74) is 2.18. The van der Waals surface area contributed by atoms with Gasteiger partial charge in [-0.1, -0.05) is 34.1 Å². The molecule has 0 radical (unpaired) electrons. The van der Waals surface area contributed by atoms with Crippen LogP contribution in [0.3, 0.4) is 0 Å². The van der Waals surface area contributed by atoms with Gasteiger partial charge in [-0.15, -0.1) is 0 Å². The number of hydrogen-bond acceptors (Lipinski definition) is 2. The number of aromatic nitrogens is 1. The summed E-state index contributed by atoms with van der Waals surface area (Å²) in [6.45, 7) is 0.154. The molecule has 0 bridgehead atoms. The summed E-state index contributed by atoms with van der Waals surface area (Å²) >= 11 is 3.40. The number of fused-ring (bicyclic) bond motifs is 1. The lowest BCUT2D eigenvalue weighted by atomic mass is 10.2. The Hall–Kier alpha value is -2.40. The zero-order valence-electron chi connectivity index (χ0n) is 11.6. The van der Waals surface area contributed by atoms with Crippen molar-refractivity contribution < 1.29 is 9.59 Å². The second-order valence-electron chi connectivity index (χ2n) is 4.91. The minimum Gasteiger partial charge on any atom is -0.337 e. The number of halogens is 1. The highest BCUT2D eigenvalue weighted by atomic mass is 79.9. The van der Waals surface area contributed by atoms with Gasteiger partial charge in [0.2, 0.25) is 5.91 Å². The van der Waals surface area contributed by atoms with Gasteiger partial charge >= 0.3 is 0 Å². The van der Waals surface area contributed by atoms with Gasteiger partial charge in [0.25, 0.3) is 0 Å². The molecular weight excluding hydrogens is 344 g/mol. The molecule has 0 saturated heterocycles. The lowest BCUT2D eigenvalue weighted by Crippen LogP contribution is -2.18. The predicted octanol–water partition coefficient (Wildman–Crippen LogP) is 3.86. The summed E-state index contributed by atoms with van der Waals surface area (Å²) in [5, 5.41) is 3.67. The molecule has 4 nitrogen and oxygen atoms in total. The van der Waals surface area contributed by atoms with Crippen LogP contribution in [0.25, 0.3) is 10.9 Å². The molecule has 1 aromatic heterocycles. The molecule has 22 heavy (non-hydrogen) atoms. The number of rotatable bonds is 4. The van der Waals surface area contributed by atoms with Crippen LogP contribution in [0, 0.1) is 0 Å². The first kappa shape index (κ1) is 14.5. The first-order chi connectivity index (χ1) is 10.7. The van der Waals surface area contributed by atoms with Crippen LogP contribution in [0.4, 0.5) is 5.69 Å². The SMILES string of the molecule is O=Cc1cn(CC(=O)Nc2ccccc2)c2ccc(Br)cc12. The maximum absolute atomic E-state index is 12.2. The molecule has 0 aliphatic carbocycles. The monoisotopic (exact) mass is 356 g/mol. The smallest absolute Gasteiger partial charge is 0.244 e. The Kier molecular flexibility index (Phi) is 4.06. The van der Waals surface area contributed by atoms with E-state index in [2.05, 4.69) is 21.2 Å². The van der Waals surface area contributed by atoms with Gasteiger partial charge in [0, 0.05) is 32.8 Å². The molecule has 0 atom stereocenters. The number of aldehydes is 1. The van der Waals surface area contributed by atoms with E-state index in [1.807, 2.05) is 48.5 Å². The van der Waals surface area contributed by atoms with Crippen molar-refractivity contribution in [1.29, 1.82) is 0 Å². The second-order valence-corrected chi connectivity index (χ2v) is 5.82. The topological polar surface area (TPSA) is 51.1 Å². The van der Waals surface area contributed by atoms with Crippen LogP contribution in [-0.4, -0.2) is 16.8 Å². The molecule has 0 aliphatic rings.